The van der Waals surface area contributed by atoms with Crippen LogP contribution >= 0.6 is 11.6 Å². The van der Waals surface area contributed by atoms with E-state index in [1.165, 1.54) is 4.68 Å². The Bertz CT molecular complexity index is 1080. The highest BCUT2D eigenvalue weighted by molar-refractivity contribution is 6.31. The van der Waals surface area contributed by atoms with Gasteiger partial charge in [-0.15, -0.1) is 5.10 Å². The number of halogens is 1. The van der Waals surface area contributed by atoms with E-state index in [-0.39, 0.29) is 18.1 Å². The third kappa shape index (κ3) is 4.96. The fourth-order valence-corrected chi connectivity index (χ4v) is 2.98. The highest BCUT2D eigenvalue weighted by Crippen LogP contribution is 2.24. The fourth-order valence-electron chi connectivity index (χ4n) is 2.81. The first-order valence-corrected chi connectivity index (χ1v) is 9.76. The summed E-state index contributed by atoms with van der Waals surface area (Å²) in [7, 11) is 0. The number of nitrogens with zero attached hydrogens (tertiary/aromatic N) is 3. The molecule has 156 valence electrons. The monoisotopic (exact) mass is 427 g/mol. The van der Waals surface area contributed by atoms with E-state index in [9.17, 15) is 9.59 Å². The van der Waals surface area contributed by atoms with Crippen molar-refractivity contribution >= 4 is 34.8 Å². The van der Waals surface area contributed by atoms with Gasteiger partial charge in [0.2, 0.25) is 5.91 Å². The second-order valence-electron chi connectivity index (χ2n) is 6.57. The van der Waals surface area contributed by atoms with Crippen LogP contribution in [0.3, 0.4) is 0 Å². The maximum absolute atomic E-state index is 12.6. The van der Waals surface area contributed by atoms with Gasteiger partial charge in [0.15, 0.2) is 5.69 Å². The van der Waals surface area contributed by atoms with Crippen molar-refractivity contribution in [1.82, 2.24) is 15.0 Å². The van der Waals surface area contributed by atoms with Gasteiger partial charge in [-0.25, -0.2) is 4.68 Å². The van der Waals surface area contributed by atoms with Gasteiger partial charge in [0.1, 0.15) is 12.3 Å². The summed E-state index contributed by atoms with van der Waals surface area (Å²) in [6, 6.07) is 12.4. The van der Waals surface area contributed by atoms with Crippen molar-refractivity contribution in [3.8, 4) is 5.75 Å². The molecule has 30 heavy (non-hydrogen) atoms. The topological polar surface area (TPSA) is 98.1 Å². The van der Waals surface area contributed by atoms with E-state index in [1.54, 1.807) is 37.3 Å². The maximum atomic E-state index is 12.6. The lowest BCUT2D eigenvalue weighted by atomic mass is 10.2. The quantitative estimate of drug-likeness (QED) is 0.597. The van der Waals surface area contributed by atoms with Crippen LogP contribution in [0.4, 0.5) is 11.4 Å². The molecule has 0 aliphatic carbocycles. The molecule has 2 amide bonds. The average molecular weight is 428 g/mol. The van der Waals surface area contributed by atoms with Crippen LogP contribution in [-0.2, 0) is 11.3 Å². The predicted molar refractivity (Wildman–Crippen MR) is 115 cm³/mol. The number of hydrogen-bond acceptors (Lipinski definition) is 5. The molecule has 8 nitrogen and oxygen atoms in total. The van der Waals surface area contributed by atoms with Crippen molar-refractivity contribution in [2.45, 2.75) is 27.3 Å². The van der Waals surface area contributed by atoms with E-state index in [0.29, 0.717) is 34.4 Å². The largest absolute Gasteiger partial charge is 0.492 e. The molecule has 1 heterocycles. The molecule has 1 aromatic heterocycles. The van der Waals surface area contributed by atoms with Gasteiger partial charge >= 0.3 is 0 Å². The zero-order chi connectivity index (χ0) is 21.7. The number of hydrogen-bond donors (Lipinski definition) is 2. The Morgan fingerprint density at radius 3 is 2.63 bits per heavy atom. The first kappa shape index (κ1) is 21.3. The van der Waals surface area contributed by atoms with Gasteiger partial charge in [0.05, 0.1) is 18.0 Å². The molecule has 9 heteroatoms. The molecular formula is C21H22ClN5O3. The molecule has 0 radical (unpaired) electrons. The zero-order valence-corrected chi connectivity index (χ0v) is 17.7. The van der Waals surface area contributed by atoms with Gasteiger partial charge in [0.25, 0.3) is 5.91 Å². The lowest BCUT2D eigenvalue weighted by molar-refractivity contribution is -0.117. The molecule has 3 aromatic rings. The summed E-state index contributed by atoms with van der Waals surface area (Å²) in [5.41, 5.74) is 2.63. The maximum Gasteiger partial charge on any atom is 0.278 e. The molecule has 2 aromatic carbocycles. The van der Waals surface area contributed by atoms with Crippen molar-refractivity contribution in [3.05, 3.63) is 64.4 Å². The molecule has 0 atom stereocenters. The molecular weight excluding hydrogens is 406 g/mol. The third-order valence-electron chi connectivity index (χ3n) is 4.40. The van der Waals surface area contributed by atoms with Crippen LogP contribution in [-0.4, -0.2) is 33.4 Å². The molecule has 0 saturated heterocycles. The number of anilines is 2. The molecule has 0 fully saturated rings. The molecule has 0 spiro atoms. The Balaban J connectivity index is 1.70. The first-order chi connectivity index (χ1) is 14.4. The van der Waals surface area contributed by atoms with Crippen LogP contribution in [0.25, 0.3) is 0 Å². The van der Waals surface area contributed by atoms with Crippen molar-refractivity contribution in [3.63, 3.8) is 0 Å². The number of aromatic nitrogens is 3. The number of ether oxygens (including phenoxy) is 1. The second kappa shape index (κ2) is 9.41. The SMILES string of the molecule is CCOc1ccccc1NC(=O)Cn1nnc(C(=O)Nc2cc(Cl)ccc2C)c1C. The molecule has 0 unspecified atom stereocenters. The number of carbonyl (C=O) groups is 2. The molecule has 2 N–H and O–H groups in total. The highest BCUT2D eigenvalue weighted by Gasteiger charge is 2.19. The summed E-state index contributed by atoms with van der Waals surface area (Å²) in [6.07, 6.45) is 0. The van der Waals surface area contributed by atoms with Crippen LogP contribution in [0.1, 0.15) is 28.7 Å². The Kier molecular flexibility index (Phi) is 6.68. The van der Waals surface area contributed by atoms with Gasteiger partial charge in [-0.3, -0.25) is 9.59 Å². The Morgan fingerprint density at radius 1 is 1.10 bits per heavy atom. The van der Waals surface area contributed by atoms with Gasteiger partial charge in [-0.1, -0.05) is 35.0 Å². The third-order valence-corrected chi connectivity index (χ3v) is 4.63. The molecule has 0 saturated carbocycles. The van der Waals surface area contributed by atoms with Crippen LogP contribution in [0.2, 0.25) is 5.02 Å². The minimum Gasteiger partial charge on any atom is -0.492 e. The van der Waals surface area contributed by atoms with Crippen molar-refractivity contribution < 1.29 is 14.3 Å². The number of para-hydroxylation sites is 2. The van der Waals surface area contributed by atoms with Gasteiger partial charge in [-0.05, 0) is 50.6 Å². The summed E-state index contributed by atoms with van der Waals surface area (Å²) in [4.78, 5) is 25.1. The van der Waals surface area contributed by atoms with Crippen molar-refractivity contribution in [2.24, 2.45) is 0 Å². The second-order valence-corrected chi connectivity index (χ2v) is 7.01. The van der Waals surface area contributed by atoms with E-state index in [4.69, 9.17) is 16.3 Å². The van der Waals surface area contributed by atoms with Crippen LogP contribution in [0.15, 0.2) is 42.5 Å². The fraction of sp³-hybridized carbons (Fsp3) is 0.238. The zero-order valence-electron chi connectivity index (χ0n) is 16.9. The first-order valence-electron chi connectivity index (χ1n) is 9.38. The summed E-state index contributed by atoms with van der Waals surface area (Å²) in [6.45, 7) is 5.80. The molecule has 3 rings (SSSR count). The van der Waals surface area contributed by atoms with E-state index < -0.39 is 5.91 Å². The average Bonchev–Trinajstić information content (AvgIpc) is 3.06. The van der Waals surface area contributed by atoms with Gasteiger partial charge in [-0.2, -0.15) is 0 Å². The minimum absolute atomic E-state index is 0.0945. The number of nitrogens with one attached hydrogen (secondary N) is 2. The molecule has 0 aliphatic rings. The molecule has 0 aliphatic heterocycles. The summed E-state index contributed by atoms with van der Waals surface area (Å²) >= 11 is 6.00. The summed E-state index contributed by atoms with van der Waals surface area (Å²) < 4.78 is 6.88. The summed E-state index contributed by atoms with van der Waals surface area (Å²) in [5, 5.41) is 14.0. The predicted octanol–water partition coefficient (Wildman–Crippen LogP) is 3.84. The standard InChI is InChI=1S/C21H22ClN5O3/c1-4-30-18-8-6-5-7-16(18)23-19(28)12-27-14(3)20(25-26-27)21(29)24-17-11-15(22)10-9-13(17)2/h5-11H,4,12H2,1-3H3,(H,23,28)(H,24,29). The number of amides is 2. The smallest absolute Gasteiger partial charge is 0.278 e. The van der Waals surface area contributed by atoms with Gasteiger partial charge in [0, 0.05) is 10.7 Å². The van der Waals surface area contributed by atoms with Crippen LogP contribution in [0.5, 0.6) is 5.75 Å². The van der Waals surface area contributed by atoms with E-state index >= 15 is 0 Å². The number of carbonyl (C=O) groups excluding carboxylic acids is 2. The number of rotatable bonds is 7. The normalized spacial score (nSPS) is 10.5. The van der Waals surface area contributed by atoms with Crippen molar-refractivity contribution in [1.29, 1.82) is 0 Å². The van der Waals surface area contributed by atoms with E-state index in [2.05, 4.69) is 20.9 Å². The van der Waals surface area contributed by atoms with Crippen molar-refractivity contribution in [2.75, 3.05) is 17.2 Å². The number of aryl methyl sites for hydroxylation is 1. The Hall–Kier alpha value is -3.39. The van der Waals surface area contributed by atoms with Crippen LogP contribution < -0.4 is 15.4 Å². The lowest BCUT2D eigenvalue weighted by Crippen LogP contribution is -2.21. The summed E-state index contributed by atoms with van der Waals surface area (Å²) in [5.74, 6) is -0.153. The Labute approximate surface area is 179 Å². The molecule has 0 bridgehead atoms. The highest BCUT2D eigenvalue weighted by atomic mass is 35.5. The lowest BCUT2D eigenvalue weighted by Gasteiger charge is -2.11. The minimum atomic E-state index is -0.425. The van der Waals surface area contributed by atoms with Gasteiger partial charge < -0.3 is 15.4 Å². The number of benzene rings is 2. The van der Waals surface area contributed by atoms with E-state index in [0.717, 1.165) is 5.56 Å². The van der Waals surface area contributed by atoms with E-state index in [1.807, 2.05) is 26.0 Å². The van der Waals surface area contributed by atoms with Crippen LogP contribution in [0, 0.1) is 13.8 Å². The Morgan fingerprint density at radius 2 is 1.87 bits per heavy atom.